The van der Waals surface area contributed by atoms with Crippen molar-refractivity contribution in [2.45, 2.75) is 6.42 Å². The second-order valence-corrected chi connectivity index (χ2v) is 3.33. The number of aromatic nitrogens is 3. The molecule has 0 aliphatic heterocycles. The zero-order chi connectivity index (χ0) is 9.97. The van der Waals surface area contributed by atoms with E-state index in [-0.39, 0.29) is 0 Å². The molecule has 0 aromatic carbocycles. The van der Waals surface area contributed by atoms with Crippen molar-refractivity contribution in [3.63, 3.8) is 0 Å². The van der Waals surface area contributed by atoms with E-state index in [9.17, 15) is 0 Å². The lowest BCUT2D eigenvalue weighted by Crippen LogP contribution is -2.03. The summed E-state index contributed by atoms with van der Waals surface area (Å²) < 4.78 is 2.01. The van der Waals surface area contributed by atoms with E-state index in [4.69, 9.17) is 5.73 Å². The molecule has 4 heteroatoms. The summed E-state index contributed by atoms with van der Waals surface area (Å²) in [6, 6.07) is 2.05. The van der Waals surface area contributed by atoms with E-state index in [1.54, 1.807) is 6.33 Å². The summed E-state index contributed by atoms with van der Waals surface area (Å²) in [5.41, 5.74) is 8.78. The first kappa shape index (κ1) is 9.02. The Morgan fingerprint density at radius 2 is 2.43 bits per heavy atom. The highest BCUT2D eigenvalue weighted by Gasteiger charge is 2.07. The van der Waals surface area contributed by atoms with Crippen LogP contribution in [0.3, 0.4) is 0 Å². The molecule has 2 rings (SSSR count). The normalized spacial score (nSPS) is 10.7. The molecule has 3 N–H and O–H groups in total. The maximum absolute atomic E-state index is 5.52. The number of imidazole rings is 1. The fourth-order valence-corrected chi connectivity index (χ4v) is 1.55. The molecule has 0 spiro atoms. The zero-order valence-electron chi connectivity index (χ0n) is 8.20. The summed E-state index contributed by atoms with van der Waals surface area (Å²) in [7, 11) is 2.00. The van der Waals surface area contributed by atoms with E-state index in [1.165, 1.54) is 0 Å². The minimum Gasteiger partial charge on any atom is -0.357 e. The standard InChI is InChI=1S/C10H14N4/c1-14-5-3-8(6-14)10-9(2-4-11)12-7-13-10/h3,5-7H,2,4,11H2,1H3,(H,12,13). The number of hydrogen-bond donors (Lipinski definition) is 2. The molecule has 0 radical (unpaired) electrons. The van der Waals surface area contributed by atoms with Crippen LogP contribution in [0.5, 0.6) is 0 Å². The molecule has 74 valence electrons. The van der Waals surface area contributed by atoms with Crippen molar-refractivity contribution in [1.82, 2.24) is 14.5 Å². The molecule has 0 saturated carbocycles. The molecule has 0 unspecified atom stereocenters. The van der Waals surface area contributed by atoms with E-state index in [0.29, 0.717) is 6.54 Å². The maximum Gasteiger partial charge on any atom is 0.0929 e. The Kier molecular flexibility index (Phi) is 2.37. The van der Waals surface area contributed by atoms with Gasteiger partial charge in [0.1, 0.15) is 0 Å². The highest BCUT2D eigenvalue weighted by atomic mass is 14.9. The van der Waals surface area contributed by atoms with Crippen LogP contribution in [0.1, 0.15) is 5.69 Å². The van der Waals surface area contributed by atoms with Gasteiger partial charge in [-0.15, -0.1) is 0 Å². The molecule has 2 aromatic rings. The molecule has 0 aliphatic carbocycles. The monoisotopic (exact) mass is 190 g/mol. The first-order chi connectivity index (χ1) is 6.81. The number of aryl methyl sites for hydroxylation is 1. The molecule has 0 atom stereocenters. The quantitative estimate of drug-likeness (QED) is 0.756. The molecular weight excluding hydrogens is 176 g/mol. The van der Waals surface area contributed by atoms with Gasteiger partial charge >= 0.3 is 0 Å². The molecule has 2 aromatic heterocycles. The van der Waals surface area contributed by atoms with Crippen LogP contribution in [0.2, 0.25) is 0 Å². The predicted molar refractivity (Wildman–Crippen MR) is 55.8 cm³/mol. The first-order valence-electron chi connectivity index (χ1n) is 4.66. The zero-order valence-corrected chi connectivity index (χ0v) is 8.20. The number of nitrogens with two attached hydrogens (primary N) is 1. The van der Waals surface area contributed by atoms with Gasteiger partial charge in [0.2, 0.25) is 0 Å². The highest BCUT2D eigenvalue weighted by molar-refractivity contribution is 5.60. The summed E-state index contributed by atoms with van der Waals surface area (Å²) in [5, 5.41) is 0. The van der Waals surface area contributed by atoms with Crippen molar-refractivity contribution in [2.24, 2.45) is 12.8 Å². The number of aromatic amines is 1. The second kappa shape index (κ2) is 3.67. The topological polar surface area (TPSA) is 59.6 Å². The Hall–Kier alpha value is -1.55. The maximum atomic E-state index is 5.52. The summed E-state index contributed by atoms with van der Waals surface area (Å²) in [6.07, 6.45) is 6.62. The van der Waals surface area contributed by atoms with E-state index >= 15 is 0 Å². The van der Waals surface area contributed by atoms with Crippen molar-refractivity contribution in [1.29, 1.82) is 0 Å². The fraction of sp³-hybridized carbons (Fsp3) is 0.300. The fourth-order valence-electron chi connectivity index (χ4n) is 1.55. The van der Waals surface area contributed by atoms with Crippen LogP contribution in [0.25, 0.3) is 11.3 Å². The Labute approximate surface area is 82.8 Å². The Morgan fingerprint density at radius 1 is 1.57 bits per heavy atom. The van der Waals surface area contributed by atoms with Gasteiger partial charge in [-0.1, -0.05) is 0 Å². The lowest BCUT2D eigenvalue weighted by Gasteiger charge is -1.97. The number of H-pyrrole nitrogens is 1. The van der Waals surface area contributed by atoms with Gasteiger partial charge in [-0.05, 0) is 12.6 Å². The largest absolute Gasteiger partial charge is 0.357 e. The third kappa shape index (κ3) is 1.56. The van der Waals surface area contributed by atoms with Gasteiger partial charge < -0.3 is 15.3 Å². The third-order valence-electron chi connectivity index (χ3n) is 2.22. The predicted octanol–water partition coefficient (Wildman–Crippen LogP) is 0.916. The van der Waals surface area contributed by atoms with Gasteiger partial charge in [-0.3, -0.25) is 0 Å². The summed E-state index contributed by atoms with van der Waals surface area (Å²) >= 11 is 0. The van der Waals surface area contributed by atoms with Crippen LogP contribution in [-0.4, -0.2) is 21.1 Å². The van der Waals surface area contributed by atoms with Gasteiger partial charge in [0.15, 0.2) is 0 Å². The van der Waals surface area contributed by atoms with Crippen molar-refractivity contribution < 1.29 is 0 Å². The van der Waals surface area contributed by atoms with Gasteiger partial charge in [0.25, 0.3) is 0 Å². The van der Waals surface area contributed by atoms with Crippen molar-refractivity contribution in [2.75, 3.05) is 6.54 Å². The van der Waals surface area contributed by atoms with E-state index in [0.717, 1.165) is 23.4 Å². The molecule has 0 aliphatic rings. The van der Waals surface area contributed by atoms with Crippen LogP contribution in [0.4, 0.5) is 0 Å². The minimum atomic E-state index is 0.641. The minimum absolute atomic E-state index is 0.641. The molecule has 2 heterocycles. The number of rotatable bonds is 3. The lowest BCUT2D eigenvalue weighted by molar-refractivity contribution is 0.925. The Bertz CT molecular complexity index is 413. The van der Waals surface area contributed by atoms with Crippen molar-refractivity contribution >= 4 is 0 Å². The second-order valence-electron chi connectivity index (χ2n) is 3.33. The van der Waals surface area contributed by atoms with Gasteiger partial charge in [-0.2, -0.15) is 0 Å². The number of hydrogen-bond acceptors (Lipinski definition) is 2. The van der Waals surface area contributed by atoms with Crippen LogP contribution < -0.4 is 5.73 Å². The Balaban J connectivity index is 2.36. The van der Waals surface area contributed by atoms with E-state index < -0.39 is 0 Å². The molecule has 14 heavy (non-hydrogen) atoms. The molecule has 4 nitrogen and oxygen atoms in total. The summed E-state index contributed by atoms with van der Waals surface area (Å²) in [4.78, 5) is 7.41. The third-order valence-corrected chi connectivity index (χ3v) is 2.22. The number of nitrogens with zero attached hydrogens (tertiary/aromatic N) is 2. The Morgan fingerprint density at radius 3 is 3.07 bits per heavy atom. The van der Waals surface area contributed by atoms with Crippen LogP contribution >= 0.6 is 0 Å². The highest BCUT2D eigenvalue weighted by Crippen LogP contribution is 2.20. The van der Waals surface area contributed by atoms with E-state index in [1.807, 2.05) is 17.8 Å². The molecule has 0 bridgehead atoms. The van der Waals surface area contributed by atoms with Crippen molar-refractivity contribution in [3.8, 4) is 11.3 Å². The molecule has 0 fully saturated rings. The van der Waals surface area contributed by atoms with Crippen LogP contribution in [0, 0.1) is 0 Å². The van der Waals surface area contributed by atoms with Crippen molar-refractivity contribution in [3.05, 3.63) is 30.5 Å². The summed E-state index contributed by atoms with van der Waals surface area (Å²) in [5.74, 6) is 0. The van der Waals surface area contributed by atoms with Gasteiger partial charge in [0, 0.05) is 37.1 Å². The molecule has 0 saturated heterocycles. The molecule has 0 amide bonds. The van der Waals surface area contributed by atoms with Gasteiger partial charge in [-0.25, -0.2) is 4.98 Å². The SMILES string of the molecule is Cn1ccc(-c2nc[nH]c2CCN)c1. The van der Waals surface area contributed by atoms with Crippen LogP contribution in [0.15, 0.2) is 24.8 Å². The first-order valence-corrected chi connectivity index (χ1v) is 4.66. The summed E-state index contributed by atoms with van der Waals surface area (Å²) in [6.45, 7) is 0.641. The lowest BCUT2D eigenvalue weighted by atomic mass is 10.1. The van der Waals surface area contributed by atoms with Crippen LogP contribution in [-0.2, 0) is 13.5 Å². The smallest absolute Gasteiger partial charge is 0.0929 e. The van der Waals surface area contributed by atoms with E-state index in [2.05, 4.69) is 22.2 Å². The number of nitrogens with one attached hydrogen (secondary N) is 1. The average Bonchev–Trinajstić information content (AvgIpc) is 2.74. The average molecular weight is 190 g/mol. The van der Waals surface area contributed by atoms with Gasteiger partial charge in [0.05, 0.1) is 12.0 Å². The molecular formula is C10H14N4.